The number of H-pyrrole nitrogens is 1. The zero-order chi connectivity index (χ0) is 18.0. The maximum Gasteiger partial charge on any atom is 0.416 e. The van der Waals surface area contributed by atoms with Crippen molar-refractivity contribution in [1.82, 2.24) is 15.2 Å². The Bertz CT molecular complexity index is 867. The fourth-order valence-electron chi connectivity index (χ4n) is 2.58. The molecule has 25 heavy (non-hydrogen) atoms. The summed E-state index contributed by atoms with van der Waals surface area (Å²) in [6, 6.07) is 8.90. The molecule has 0 aliphatic carbocycles. The van der Waals surface area contributed by atoms with Crippen molar-refractivity contribution >= 4 is 5.69 Å². The molecule has 0 atom stereocenters. The van der Waals surface area contributed by atoms with Crippen LogP contribution in [0.2, 0.25) is 0 Å². The van der Waals surface area contributed by atoms with E-state index >= 15 is 0 Å². The molecule has 0 spiro atoms. The van der Waals surface area contributed by atoms with E-state index < -0.39 is 11.7 Å². The van der Waals surface area contributed by atoms with Crippen molar-refractivity contribution < 1.29 is 13.2 Å². The van der Waals surface area contributed by atoms with Gasteiger partial charge in [0.2, 0.25) is 0 Å². The molecule has 4 nitrogen and oxygen atoms in total. The first-order chi connectivity index (χ1) is 11.8. The topological polar surface area (TPSA) is 53.6 Å². The fraction of sp³-hybridized carbons (Fsp3) is 0.222. The maximum atomic E-state index is 12.7. The molecule has 0 aliphatic heterocycles. The van der Waals surface area contributed by atoms with Gasteiger partial charge in [-0.15, -0.1) is 0 Å². The standard InChI is InChI=1S/C18H17F3N4/c1-11-3-8-16(12(2)24-11)22-9-14-10-23-25-17(14)13-4-6-15(7-5-13)18(19,20)21/h3-8,10,22H,9H2,1-2H3,(H,23,25). The van der Waals surface area contributed by atoms with Gasteiger partial charge in [0, 0.05) is 17.8 Å². The van der Waals surface area contributed by atoms with E-state index in [0.717, 1.165) is 34.8 Å². The third-order valence-electron chi connectivity index (χ3n) is 3.91. The minimum atomic E-state index is -4.34. The van der Waals surface area contributed by atoms with Crippen LogP contribution < -0.4 is 5.32 Å². The van der Waals surface area contributed by atoms with E-state index in [9.17, 15) is 13.2 Å². The Morgan fingerprint density at radius 2 is 1.76 bits per heavy atom. The molecule has 0 radical (unpaired) electrons. The first-order valence-corrected chi connectivity index (χ1v) is 7.72. The summed E-state index contributed by atoms with van der Waals surface area (Å²) >= 11 is 0. The van der Waals surface area contributed by atoms with Crippen LogP contribution in [0.3, 0.4) is 0 Å². The number of hydrogen-bond acceptors (Lipinski definition) is 3. The number of aryl methyl sites for hydroxylation is 2. The van der Waals surface area contributed by atoms with Crippen LogP contribution in [-0.2, 0) is 12.7 Å². The van der Waals surface area contributed by atoms with E-state index in [1.807, 2.05) is 26.0 Å². The molecule has 0 unspecified atom stereocenters. The molecule has 3 aromatic rings. The molecule has 1 aromatic carbocycles. The Kier molecular flexibility index (Phi) is 4.48. The number of rotatable bonds is 4. The molecule has 2 aromatic heterocycles. The molecule has 0 amide bonds. The highest BCUT2D eigenvalue weighted by molar-refractivity contribution is 5.63. The van der Waals surface area contributed by atoms with Crippen LogP contribution in [0.4, 0.5) is 18.9 Å². The summed E-state index contributed by atoms with van der Waals surface area (Å²) < 4.78 is 38.0. The maximum absolute atomic E-state index is 12.7. The van der Waals surface area contributed by atoms with Crippen molar-refractivity contribution in [2.45, 2.75) is 26.6 Å². The van der Waals surface area contributed by atoms with Gasteiger partial charge in [0.15, 0.2) is 0 Å². The second-order valence-electron chi connectivity index (χ2n) is 5.78. The molecule has 130 valence electrons. The zero-order valence-corrected chi connectivity index (χ0v) is 13.8. The highest BCUT2D eigenvalue weighted by atomic mass is 19.4. The van der Waals surface area contributed by atoms with Crippen molar-refractivity contribution in [2.24, 2.45) is 0 Å². The van der Waals surface area contributed by atoms with Crippen molar-refractivity contribution in [3.63, 3.8) is 0 Å². The van der Waals surface area contributed by atoms with Gasteiger partial charge < -0.3 is 5.32 Å². The minimum Gasteiger partial charge on any atom is -0.379 e. The van der Waals surface area contributed by atoms with Gasteiger partial charge >= 0.3 is 6.18 Å². The quantitative estimate of drug-likeness (QED) is 0.719. The van der Waals surface area contributed by atoms with Crippen LogP contribution in [0.1, 0.15) is 22.5 Å². The molecular weight excluding hydrogens is 329 g/mol. The summed E-state index contributed by atoms with van der Waals surface area (Å²) in [5.41, 5.74) is 4.28. The van der Waals surface area contributed by atoms with Gasteiger partial charge in [-0.25, -0.2) is 0 Å². The van der Waals surface area contributed by atoms with E-state index in [1.165, 1.54) is 12.1 Å². The van der Waals surface area contributed by atoms with Crippen molar-refractivity contribution in [3.05, 3.63) is 65.1 Å². The van der Waals surface area contributed by atoms with Crippen LogP contribution in [0.25, 0.3) is 11.3 Å². The fourth-order valence-corrected chi connectivity index (χ4v) is 2.58. The Hall–Kier alpha value is -2.83. The normalized spacial score (nSPS) is 11.6. The van der Waals surface area contributed by atoms with E-state index in [2.05, 4.69) is 20.5 Å². The summed E-state index contributed by atoms with van der Waals surface area (Å²) in [7, 11) is 0. The van der Waals surface area contributed by atoms with Crippen LogP contribution in [0.5, 0.6) is 0 Å². The number of aromatic amines is 1. The Morgan fingerprint density at radius 3 is 2.40 bits per heavy atom. The lowest BCUT2D eigenvalue weighted by Gasteiger charge is -2.11. The molecule has 0 fully saturated rings. The molecule has 0 bridgehead atoms. The van der Waals surface area contributed by atoms with E-state index in [1.54, 1.807) is 6.20 Å². The number of hydrogen-bond donors (Lipinski definition) is 2. The smallest absolute Gasteiger partial charge is 0.379 e. The lowest BCUT2D eigenvalue weighted by atomic mass is 10.1. The van der Waals surface area contributed by atoms with E-state index in [-0.39, 0.29) is 0 Å². The molecule has 0 aliphatic rings. The number of pyridine rings is 1. The third kappa shape index (κ3) is 3.81. The number of nitrogens with zero attached hydrogens (tertiary/aromatic N) is 2. The Morgan fingerprint density at radius 1 is 1.04 bits per heavy atom. The van der Waals surface area contributed by atoms with Gasteiger partial charge in [0.1, 0.15) is 0 Å². The van der Waals surface area contributed by atoms with Crippen LogP contribution in [-0.4, -0.2) is 15.2 Å². The monoisotopic (exact) mass is 346 g/mol. The number of anilines is 1. The second-order valence-corrected chi connectivity index (χ2v) is 5.78. The summed E-state index contributed by atoms with van der Waals surface area (Å²) in [5, 5.41) is 10.2. The summed E-state index contributed by atoms with van der Waals surface area (Å²) in [6.45, 7) is 4.33. The molecule has 2 N–H and O–H groups in total. The van der Waals surface area contributed by atoms with Crippen LogP contribution >= 0.6 is 0 Å². The summed E-state index contributed by atoms with van der Waals surface area (Å²) in [6.07, 6.45) is -2.68. The number of halogens is 3. The highest BCUT2D eigenvalue weighted by Crippen LogP contribution is 2.31. The predicted octanol–water partition coefficient (Wildman–Crippen LogP) is 4.72. The van der Waals surface area contributed by atoms with Crippen LogP contribution in [0, 0.1) is 13.8 Å². The van der Waals surface area contributed by atoms with Gasteiger partial charge in [-0.3, -0.25) is 10.1 Å². The second kappa shape index (κ2) is 6.58. The van der Waals surface area contributed by atoms with Gasteiger partial charge in [-0.05, 0) is 43.7 Å². The Balaban J connectivity index is 1.78. The van der Waals surface area contributed by atoms with Crippen molar-refractivity contribution in [3.8, 4) is 11.3 Å². The van der Waals surface area contributed by atoms with E-state index in [4.69, 9.17) is 0 Å². The minimum absolute atomic E-state index is 0.485. The molecule has 7 heteroatoms. The zero-order valence-electron chi connectivity index (χ0n) is 13.8. The van der Waals surface area contributed by atoms with Gasteiger partial charge in [-0.2, -0.15) is 18.3 Å². The largest absolute Gasteiger partial charge is 0.416 e. The SMILES string of the molecule is Cc1ccc(NCc2cn[nH]c2-c2ccc(C(F)(F)F)cc2)c(C)n1. The van der Waals surface area contributed by atoms with Gasteiger partial charge in [0.25, 0.3) is 0 Å². The summed E-state index contributed by atoms with van der Waals surface area (Å²) in [4.78, 5) is 4.39. The first kappa shape index (κ1) is 17.0. The lowest BCUT2D eigenvalue weighted by molar-refractivity contribution is -0.137. The predicted molar refractivity (Wildman–Crippen MR) is 90.1 cm³/mol. The first-order valence-electron chi connectivity index (χ1n) is 7.72. The molecule has 2 heterocycles. The molecule has 0 saturated carbocycles. The average molecular weight is 346 g/mol. The van der Waals surface area contributed by atoms with Crippen molar-refractivity contribution in [1.29, 1.82) is 0 Å². The summed E-state index contributed by atoms with van der Waals surface area (Å²) in [5.74, 6) is 0. The number of aromatic nitrogens is 3. The average Bonchev–Trinajstić information content (AvgIpc) is 3.02. The van der Waals surface area contributed by atoms with Crippen LogP contribution in [0.15, 0.2) is 42.6 Å². The Labute approximate surface area is 143 Å². The van der Waals surface area contributed by atoms with Gasteiger partial charge in [0.05, 0.1) is 28.8 Å². The van der Waals surface area contributed by atoms with E-state index in [0.29, 0.717) is 17.8 Å². The van der Waals surface area contributed by atoms with Gasteiger partial charge in [-0.1, -0.05) is 12.1 Å². The molecule has 3 rings (SSSR count). The number of nitrogens with one attached hydrogen (secondary N) is 2. The number of benzene rings is 1. The molecule has 0 saturated heterocycles. The highest BCUT2D eigenvalue weighted by Gasteiger charge is 2.30. The lowest BCUT2D eigenvalue weighted by Crippen LogP contribution is -2.05. The van der Waals surface area contributed by atoms with Crippen molar-refractivity contribution in [2.75, 3.05) is 5.32 Å². The third-order valence-corrected chi connectivity index (χ3v) is 3.91. The number of alkyl halides is 3. The molecular formula is C18H17F3N4.